The van der Waals surface area contributed by atoms with Crippen molar-refractivity contribution < 1.29 is 8.42 Å². The van der Waals surface area contributed by atoms with Crippen molar-refractivity contribution in [1.82, 2.24) is 29.7 Å². The summed E-state index contributed by atoms with van der Waals surface area (Å²) in [5.41, 5.74) is 4.79. The average Bonchev–Trinajstić information content (AvgIpc) is 3.40. The second-order valence-corrected chi connectivity index (χ2v) is 10.6. The largest absolute Gasteiger partial charge is 0.352 e. The first-order valence-corrected chi connectivity index (χ1v) is 13.1. The van der Waals surface area contributed by atoms with Gasteiger partial charge in [-0.05, 0) is 43.7 Å². The number of imidazole rings is 1. The molecule has 4 aromatic heterocycles. The molecule has 0 aliphatic rings. The lowest BCUT2D eigenvalue weighted by Gasteiger charge is -2.14. The van der Waals surface area contributed by atoms with E-state index in [4.69, 9.17) is 5.26 Å². The molecule has 0 spiro atoms. The molecule has 0 bridgehead atoms. The molecule has 11 nitrogen and oxygen atoms in total. The summed E-state index contributed by atoms with van der Waals surface area (Å²) in [6.45, 7) is 3.74. The lowest BCUT2D eigenvalue weighted by molar-refractivity contribution is 0.602. The third-order valence-electron chi connectivity index (χ3n) is 5.89. The van der Waals surface area contributed by atoms with Gasteiger partial charge in [0.15, 0.2) is 15.5 Å². The minimum absolute atomic E-state index is 0.142. The molecule has 0 saturated carbocycles. The summed E-state index contributed by atoms with van der Waals surface area (Å²) in [6.07, 6.45) is 2.89. The van der Waals surface area contributed by atoms with E-state index < -0.39 is 9.84 Å². The van der Waals surface area contributed by atoms with Crippen LogP contribution in [0.2, 0.25) is 0 Å². The van der Waals surface area contributed by atoms with Crippen molar-refractivity contribution in [2.45, 2.75) is 18.7 Å². The highest BCUT2D eigenvalue weighted by atomic mass is 32.2. The molecule has 0 amide bonds. The van der Waals surface area contributed by atoms with Gasteiger partial charge >= 0.3 is 0 Å². The van der Waals surface area contributed by atoms with E-state index in [1.54, 1.807) is 47.3 Å². The summed E-state index contributed by atoms with van der Waals surface area (Å²) in [5, 5.41) is 19.8. The van der Waals surface area contributed by atoms with Crippen LogP contribution in [0, 0.1) is 25.2 Å². The lowest BCUT2D eigenvalue weighted by atomic mass is 10.1. The van der Waals surface area contributed by atoms with Crippen LogP contribution < -0.4 is 10.6 Å². The lowest BCUT2D eigenvalue weighted by Crippen LogP contribution is -2.05. The number of anilines is 4. The summed E-state index contributed by atoms with van der Waals surface area (Å²) in [4.78, 5) is 16.6. The molecule has 186 valence electrons. The Morgan fingerprint density at radius 3 is 2.51 bits per heavy atom. The zero-order chi connectivity index (χ0) is 26.3. The number of nitrogens with zero attached hydrogens (tertiary/aromatic N) is 6. The third kappa shape index (κ3) is 4.72. The van der Waals surface area contributed by atoms with Crippen LogP contribution in [0.4, 0.5) is 23.0 Å². The van der Waals surface area contributed by atoms with E-state index in [0.29, 0.717) is 40.0 Å². The van der Waals surface area contributed by atoms with Crippen LogP contribution in [0.5, 0.6) is 0 Å². The first-order chi connectivity index (χ1) is 17.6. The van der Waals surface area contributed by atoms with Gasteiger partial charge in [0.05, 0.1) is 22.5 Å². The van der Waals surface area contributed by atoms with E-state index in [0.717, 1.165) is 16.8 Å². The third-order valence-corrected chi connectivity index (χ3v) is 7.02. The highest BCUT2D eigenvalue weighted by Gasteiger charge is 2.19. The number of nitrogens with one attached hydrogen (secondary N) is 3. The molecule has 0 aliphatic carbocycles. The smallest absolute Gasteiger partial charge is 0.177 e. The van der Waals surface area contributed by atoms with Crippen LogP contribution in [0.15, 0.2) is 53.6 Å². The Morgan fingerprint density at radius 2 is 1.81 bits per heavy atom. The number of aromatic nitrogens is 6. The number of hydrogen-bond donors (Lipinski definition) is 3. The molecule has 0 atom stereocenters. The first kappa shape index (κ1) is 24.0. The molecule has 0 aliphatic heterocycles. The van der Waals surface area contributed by atoms with Gasteiger partial charge in [-0.25, -0.2) is 23.4 Å². The Hall–Kier alpha value is -4.76. The van der Waals surface area contributed by atoms with E-state index >= 15 is 0 Å². The zero-order valence-electron chi connectivity index (χ0n) is 20.5. The van der Waals surface area contributed by atoms with Gasteiger partial charge in [0.1, 0.15) is 34.7 Å². The van der Waals surface area contributed by atoms with Crippen molar-refractivity contribution in [2.75, 3.05) is 16.9 Å². The van der Waals surface area contributed by atoms with Crippen LogP contribution in [0.3, 0.4) is 0 Å². The van der Waals surface area contributed by atoms with Crippen molar-refractivity contribution in [2.24, 2.45) is 7.05 Å². The molecule has 4 heterocycles. The molecule has 0 fully saturated rings. The maximum absolute atomic E-state index is 12.8. The highest BCUT2D eigenvalue weighted by molar-refractivity contribution is 7.90. The molecule has 0 radical (unpaired) electrons. The average molecular weight is 514 g/mol. The fourth-order valence-electron chi connectivity index (χ4n) is 3.99. The molecule has 37 heavy (non-hydrogen) atoms. The van der Waals surface area contributed by atoms with Crippen LogP contribution in [-0.2, 0) is 16.9 Å². The second kappa shape index (κ2) is 9.03. The number of hydrogen-bond acceptors (Lipinski definition) is 9. The SMILES string of the molecule is Cc1nc2c(Nc3ccc(-c4cnn(C)c4C)cc3S(C)(=O)=O)cc(Nc3cccc(C#N)n3)nc2[nH]1. The van der Waals surface area contributed by atoms with Crippen LogP contribution in [-0.4, -0.2) is 44.4 Å². The van der Waals surface area contributed by atoms with E-state index in [1.807, 2.05) is 33.0 Å². The van der Waals surface area contributed by atoms with Gasteiger partial charge in [0.2, 0.25) is 0 Å². The monoisotopic (exact) mass is 513 g/mol. The van der Waals surface area contributed by atoms with Gasteiger partial charge in [-0.15, -0.1) is 0 Å². The highest BCUT2D eigenvalue weighted by Crippen LogP contribution is 2.34. The Morgan fingerprint density at radius 1 is 1.00 bits per heavy atom. The maximum Gasteiger partial charge on any atom is 0.177 e. The summed E-state index contributed by atoms with van der Waals surface area (Å²) in [5.74, 6) is 1.53. The van der Waals surface area contributed by atoms with Crippen LogP contribution >= 0.6 is 0 Å². The number of nitriles is 1. The van der Waals surface area contributed by atoms with Crippen LogP contribution in [0.25, 0.3) is 22.3 Å². The molecule has 12 heteroatoms. The number of sulfone groups is 1. The molecule has 5 aromatic rings. The minimum Gasteiger partial charge on any atom is -0.352 e. The topological polar surface area (TPSA) is 154 Å². The summed E-state index contributed by atoms with van der Waals surface area (Å²) < 4.78 is 27.4. The van der Waals surface area contributed by atoms with Crippen molar-refractivity contribution >= 4 is 44.0 Å². The first-order valence-electron chi connectivity index (χ1n) is 11.2. The molecule has 1 aromatic carbocycles. The fourth-order valence-corrected chi connectivity index (χ4v) is 4.85. The zero-order valence-corrected chi connectivity index (χ0v) is 21.3. The summed E-state index contributed by atoms with van der Waals surface area (Å²) in [7, 11) is -1.76. The number of aromatic amines is 1. The van der Waals surface area contributed by atoms with Gasteiger partial charge < -0.3 is 15.6 Å². The summed E-state index contributed by atoms with van der Waals surface area (Å²) in [6, 6.07) is 14.0. The Balaban J connectivity index is 1.59. The molecule has 0 unspecified atom stereocenters. The maximum atomic E-state index is 12.8. The summed E-state index contributed by atoms with van der Waals surface area (Å²) >= 11 is 0. The molecule has 3 N–H and O–H groups in total. The normalized spacial score (nSPS) is 11.4. The number of rotatable bonds is 6. The van der Waals surface area contributed by atoms with E-state index in [9.17, 15) is 8.42 Å². The molecule has 5 rings (SSSR count). The van der Waals surface area contributed by atoms with Crippen LogP contribution in [0.1, 0.15) is 17.2 Å². The van der Waals surface area contributed by atoms with Gasteiger partial charge in [-0.2, -0.15) is 10.4 Å². The number of benzene rings is 1. The number of H-pyrrole nitrogens is 1. The van der Waals surface area contributed by atoms with Gasteiger partial charge in [-0.1, -0.05) is 12.1 Å². The number of pyridine rings is 2. The van der Waals surface area contributed by atoms with Gasteiger partial charge in [0, 0.05) is 30.6 Å². The molecular formula is C25H23N9O2S. The Bertz CT molecular complexity index is 1810. The van der Waals surface area contributed by atoms with Crippen molar-refractivity contribution in [1.29, 1.82) is 5.26 Å². The van der Waals surface area contributed by atoms with Crippen molar-refractivity contribution in [3.8, 4) is 17.2 Å². The van der Waals surface area contributed by atoms with E-state index in [2.05, 4.69) is 35.7 Å². The number of fused-ring (bicyclic) bond motifs is 1. The fraction of sp³-hybridized carbons (Fsp3) is 0.160. The van der Waals surface area contributed by atoms with E-state index in [-0.39, 0.29) is 10.6 Å². The van der Waals surface area contributed by atoms with Gasteiger partial charge in [0.25, 0.3) is 0 Å². The molecule has 0 saturated heterocycles. The predicted molar refractivity (Wildman–Crippen MR) is 141 cm³/mol. The second-order valence-electron chi connectivity index (χ2n) is 8.59. The van der Waals surface area contributed by atoms with Crippen molar-refractivity contribution in [3.05, 3.63) is 65.9 Å². The predicted octanol–water partition coefficient (Wildman–Crippen LogP) is 4.13. The van der Waals surface area contributed by atoms with E-state index in [1.165, 1.54) is 6.26 Å². The quantitative estimate of drug-likeness (QED) is 0.304. The number of aryl methyl sites for hydroxylation is 2. The Labute approximate surface area is 213 Å². The standard InChI is InChI=1S/C25H23N9O2S/c1-14-18(13-27-34(14)3)16-8-9-19(21(10-16)37(4,35)36)31-20-11-23(33-25-24(20)28-15(2)29-25)32-22-7-5-6-17(12-26)30-22/h5-11,13H,1-4H3,(H3,28,29,30,31,32,33). The minimum atomic E-state index is -3.59. The van der Waals surface area contributed by atoms with Gasteiger partial charge in [-0.3, -0.25) is 4.68 Å². The Kier molecular flexibility index (Phi) is 5.85. The molecular weight excluding hydrogens is 490 g/mol. The van der Waals surface area contributed by atoms with Crippen molar-refractivity contribution in [3.63, 3.8) is 0 Å².